The molecule has 0 saturated heterocycles. The summed E-state index contributed by atoms with van der Waals surface area (Å²) < 4.78 is 5.80. The third-order valence-corrected chi connectivity index (χ3v) is 4.32. The Morgan fingerprint density at radius 3 is 2.55 bits per heavy atom. The van der Waals surface area contributed by atoms with Gasteiger partial charge in [-0.05, 0) is 45.1 Å². The molecule has 2 atom stereocenters. The van der Waals surface area contributed by atoms with E-state index in [2.05, 4.69) is 56.4 Å². The molecule has 112 valence electrons. The van der Waals surface area contributed by atoms with Gasteiger partial charge in [0.05, 0.1) is 5.60 Å². The number of hydrogen-bond acceptors (Lipinski definition) is 2. The Morgan fingerprint density at radius 1 is 1.15 bits per heavy atom. The topological polar surface area (TPSA) is 21.3 Å². The van der Waals surface area contributed by atoms with Crippen LogP contribution in [0.5, 0.6) is 0 Å². The van der Waals surface area contributed by atoms with Crippen LogP contribution in [0.2, 0.25) is 0 Å². The Morgan fingerprint density at radius 2 is 1.85 bits per heavy atom. The van der Waals surface area contributed by atoms with Gasteiger partial charge in [0.25, 0.3) is 0 Å². The van der Waals surface area contributed by atoms with Crippen LogP contribution in [-0.2, 0) is 4.74 Å². The number of hydrogen-bond donors (Lipinski definition) is 1. The Hall–Kier alpha value is -0.860. The van der Waals surface area contributed by atoms with Gasteiger partial charge in [-0.25, -0.2) is 0 Å². The molecule has 2 unspecified atom stereocenters. The molecule has 0 bridgehead atoms. The van der Waals surface area contributed by atoms with E-state index in [-0.39, 0.29) is 5.60 Å². The van der Waals surface area contributed by atoms with Crippen molar-refractivity contribution in [2.45, 2.75) is 64.0 Å². The molecule has 1 aliphatic rings. The molecule has 1 fully saturated rings. The van der Waals surface area contributed by atoms with Crippen LogP contribution >= 0.6 is 0 Å². The number of rotatable bonds is 6. The van der Waals surface area contributed by atoms with E-state index in [0.29, 0.717) is 12.0 Å². The van der Waals surface area contributed by atoms with Crippen molar-refractivity contribution < 1.29 is 4.74 Å². The maximum Gasteiger partial charge on any atom is 0.0750 e. The Kier molecular flexibility index (Phi) is 5.62. The van der Waals surface area contributed by atoms with Gasteiger partial charge in [0.2, 0.25) is 0 Å². The second-order valence-corrected chi connectivity index (χ2v) is 6.48. The minimum atomic E-state index is -0.0760. The summed E-state index contributed by atoms with van der Waals surface area (Å²) in [7, 11) is 0. The fourth-order valence-corrected chi connectivity index (χ4v) is 3.29. The summed E-state index contributed by atoms with van der Waals surface area (Å²) in [5.74, 6) is 0.655. The minimum absolute atomic E-state index is 0.0760. The Bertz CT molecular complexity index is 388. The molecule has 20 heavy (non-hydrogen) atoms. The molecule has 1 aromatic carbocycles. The molecule has 0 heterocycles. The van der Waals surface area contributed by atoms with Crippen LogP contribution in [0.15, 0.2) is 30.3 Å². The monoisotopic (exact) mass is 275 g/mol. The maximum absolute atomic E-state index is 5.80. The highest BCUT2D eigenvalue weighted by atomic mass is 16.5. The molecule has 2 nitrogen and oxygen atoms in total. The van der Waals surface area contributed by atoms with Crippen LogP contribution in [0.1, 0.15) is 57.9 Å². The summed E-state index contributed by atoms with van der Waals surface area (Å²) >= 11 is 0. The number of ether oxygens (including phenoxy) is 1. The van der Waals surface area contributed by atoms with Crippen molar-refractivity contribution in [3.05, 3.63) is 35.9 Å². The first kappa shape index (κ1) is 15.5. The molecule has 1 N–H and O–H groups in total. The van der Waals surface area contributed by atoms with Crippen molar-refractivity contribution in [2.24, 2.45) is 0 Å². The van der Waals surface area contributed by atoms with E-state index in [0.717, 1.165) is 13.2 Å². The fraction of sp³-hybridized carbons (Fsp3) is 0.667. The van der Waals surface area contributed by atoms with Crippen molar-refractivity contribution in [3.63, 3.8) is 0 Å². The van der Waals surface area contributed by atoms with Crippen molar-refractivity contribution in [1.82, 2.24) is 5.32 Å². The maximum atomic E-state index is 5.80. The lowest BCUT2D eigenvalue weighted by Crippen LogP contribution is -2.45. The summed E-state index contributed by atoms with van der Waals surface area (Å²) in [6.45, 7) is 8.11. The van der Waals surface area contributed by atoms with Crippen molar-refractivity contribution in [2.75, 3.05) is 13.2 Å². The average Bonchev–Trinajstić information content (AvgIpc) is 2.46. The summed E-state index contributed by atoms with van der Waals surface area (Å²) in [5, 5.41) is 3.77. The predicted molar refractivity (Wildman–Crippen MR) is 85.1 cm³/mol. The van der Waals surface area contributed by atoms with E-state index in [1.807, 2.05) is 0 Å². The molecule has 0 amide bonds. The summed E-state index contributed by atoms with van der Waals surface area (Å²) in [6, 6.07) is 11.6. The predicted octanol–water partition coefficient (Wildman–Crippen LogP) is 4.12. The normalized spacial score (nSPS) is 23.8. The molecule has 2 heteroatoms. The standard InChI is InChI=1S/C18H29NO/c1-4-20-18(2,3)14-19-17-13-9-8-12-16(17)15-10-6-5-7-11-15/h5-7,10-11,16-17,19H,4,8-9,12-14H2,1-3H3. The van der Waals surface area contributed by atoms with E-state index in [1.54, 1.807) is 0 Å². The molecular formula is C18H29NO. The SMILES string of the molecule is CCOC(C)(C)CNC1CCCCC1c1ccccc1. The van der Waals surface area contributed by atoms with Gasteiger partial charge in [-0.15, -0.1) is 0 Å². The third kappa shape index (κ3) is 4.32. The van der Waals surface area contributed by atoms with Crippen LogP contribution < -0.4 is 5.32 Å². The quantitative estimate of drug-likeness (QED) is 0.843. The molecule has 0 aromatic heterocycles. The van der Waals surface area contributed by atoms with Gasteiger partial charge in [0.15, 0.2) is 0 Å². The molecular weight excluding hydrogens is 246 g/mol. The zero-order chi connectivity index (χ0) is 14.4. The highest BCUT2D eigenvalue weighted by Crippen LogP contribution is 2.33. The molecule has 0 spiro atoms. The van der Waals surface area contributed by atoms with Crippen molar-refractivity contribution >= 4 is 0 Å². The molecule has 0 radical (unpaired) electrons. The van der Waals surface area contributed by atoms with E-state index >= 15 is 0 Å². The largest absolute Gasteiger partial charge is 0.375 e. The first-order chi connectivity index (χ1) is 9.62. The van der Waals surface area contributed by atoms with Gasteiger partial charge in [0.1, 0.15) is 0 Å². The van der Waals surface area contributed by atoms with Gasteiger partial charge >= 0.3 is 0 Å². The zero-order valence-corrected chi connectivity index (χ0v) is 13.2. The second kappa shape index (κ2) is 7.24. The number of benzene rings is 1. The summed E-state index contributed by atoms with van der Waals surface area (Å²) in [5.41, 5.74) is 1.41. The van der Waals surface area contributed by atoms with Gasteiger partial charge in [-0.3, -0.25) is 0 Å². The van der Waals surface area contributed by atoms with Crippen molar-refractivity contribution in [3.8, 4) is 0 Å². The van der Waals surface area contributed by atoms with Gasteiger partial charge in [0, 0.05) is 19.2 Å². The van der Waals surface area contributed by atoms with Gasteiger partial charge in [-0.2, -0.15) is 0 Å². The minimum Gasteiger partial charge on any atom is -0.375 e. The molecule has 1 saturated carbocycles. The van der Waals surface area contributed by atoms with Gasteiger partial charge < -0.3 is 10.1 Å². The van der Waals surface area contributed by atoms with E-state index in [9.17, 15) is 0 Å². The Balaban J connectivity index is 1.97. The fourth-order valence-electron chi connectivity index (χ4n) is 3.29. The zero-order valence-electron chi connectivity index (χ0n) is 13.2. The van der Waals surface area contributed by atoms with Crippen LogP contribution in [0.3, 0.4) is 0 Å². The van der Waals surface area contributed by atoms with Crippen LogP contribution in [0.25, 0.3) is 0 Å². The van der Waals surface area contributed by atoms with Crippen LogP contribution in [-0.4, -0.2) is 24.8 Å². The first-order valence-electron chi connectivity index (χ1n) is 8.04. The lowest BCUT2D eigenvalue weighted by Gasteiger charge is -2.35. The van der Waals surface area contributed by atoms with Crippen LogP contribution in [0, 0.1) is 0 Å². The van der Waals surface area contributed by atoms with Crippen molar-refractivity contribution in [1.29, 1.82) is 0 Å². The first-order valence-corrected chi connectivity index (χ1v) is 8.04. The summed E-state index contributed by atoms with van der Waals surface area (Å²) in [6.07, 6.45) is 5.28. The van der Waals surface area contributed by atoms with E-state index < -0.39 is 0 Å². The Labute approximate surface area is 123 Å². The third-order valence-electron chi connectivity index (χ3n) is 4.32. The molecule has 0 aliphatic heterocycles. The van der Waals surface area contributed by atoms with E-state index in [1.165, 1.54) is 31.2 Å². The average molecular weight is 275 g/mol. The van der Waals surface area contributed by atoms with E-state index in [4.69, 9.17) is 4.74 Å². The number of nitrogens with one attached hydrogen (secondary N) is 1. The lowest BCUT2D eigenvalue weighted by molar-refractivity contribution is -0.0118. The summed E-state index contributed by atoms with van der Waals surface area (Å²) in [4.78, 5) is 0. The molecule has 1 aromatic rings. The molecule has 1 aliphatic carbocycles. The highest BCUT2D eigenvalue weighted by Gasteiger charge is 2.28. The molecule has 2 rings (SSSR count). The smallest absolute Gasteiger partial charge is 0.0750 e. The second-order valence-electron chi connectivity index (χ2n) is 6.48. The highest BCUT2D eigenvalue weighted by molar-refractivity contribution is 5.22. The van der Waals surface area contributed by atoms with Gasteiger partial charge in [-0.1, -0.05) is 43.2 Å². The van der Waals surface area contributed by atoms with Crippen LogP contribution in [0.4, 0.5) is 0 Å². The lowest BCUT2D eigenvalue weighted by atomic mass is 9.80.